The Hall–Kier alpha value is -2.86. The van der Waals surface area contributed by atoms with E-state index in [0.29, 0.717) is 17.2 Å². The zero-order valence-electron chi connectivity index (χ0n) is 16.6. The predicted molar refractivity (Wildman–Crippen MR) is 111 cm³/mol. The summed E-state index contributed by atoms with van der Waals surface area (Å²) < 4.78 is 0. The third kappa shape index (κ3) is 4.27. The maximum atomic E-state index is 12.7. The molecule has 0 radical (unpaired) electrons. The smallest absolute Gasteiger partial charge is 0.255 e. The topological polar surface area (TPSA) is 90.5 Å². The Kier molecular flexibility index (Phi) is 5.53. The highest BCUT2D eigenvalue weighted by Gasteiger charge is 2.39. The number of hydrazine groups is 1. The third-order valence-corrected chi connectivity index (χ3v) is 6.17. The number of anilines is 1. The number of rotatable bonds is 4. The molecule has 2 aromatic carbocycles. The average molecular weight is 393 g/mol. The van der Waals surface area contributed by atoms with Gasteiger partial charge in [-0.3, -0.25) is 15.0 Å². The van der Waals surface area contributed by atoms with Gasteiger partial charge in [-0.15, -0.1) is 0 Å². The lowest BCUT2D eigenvalue weighted by molar-refractivity contribution is -0.133. The fourth-order valence-corrected chi connectivity index (χ4v) is 4.52. The normalized spacial score (nSPS) is 23.8. The van der Waals surface area contributed by atoms with Crippen molar-refractivity contribution in [3.63, 3.8) is 0 Å². The summed E-state index contributed by atoms with van der Waals surface area (Å²) in [5.74, 6) is 0.487. The predicted octanol–water partition coefficient (Wildman–Crippen LogP) is 3.30. The molecule has 0 bridgehead atoms. The molecule has 3 atom stereocenters. The molecular formula is C23H27N3O3. The second-order valence-corrected chi connectivity index (χ2v) is 8.15. The highest BCUT2D eigenvalue weighted by Crippen LogP contribution is 2.35. The summed E-state index contributed by atoms with van der Waals surface area (Å²) in [7, 11) is 0. The number of aromatic hydroxyl groups is 1. The van der Waals surface area contributed by atoms with Gasteiger partial charge in [0.1, 0.15) is 5.75 Å². The van der Waals surface area contributed by atoms with Crippen molar-refractivity contribution in [1.29, 1.82) is 0 Å². The fourth-order valence-electron chi connectivity index (χ4n) is 4.52. The third-order valence-electron chi connectivity index (χ3n) is 6.17. The molecule has 4 N–H and O–H groups in total. The van der Waals surface area contributed by atoms with Gasteiger partial charge < -0.3 is 10.4 Å². The van der Waals surface area contributed by atoms with E-state index in [-0.39, 0.29) is 29.5 Å². The zero-order chi connectivity index (χ0) is 20.4. The van der Waals surface area contributed by atoms with E-state index < -0.39 is 0 Å². The molecule has 1 aliphatic carbocycles. The second-order valence-electron chi connectivity index (χ2n) is 8.15. The van der Waals surface area contributed by atoms with Gasteiger partial charge in [-0.25, -0.2) is 5.43 Å². The van der Waals surface area contributed by atoms with Gasteiger partial charge in [0, 0.05) is 29.3 Å². The molecule has 3 unspecified atom stereocenters. The minimum absolute atomic E-state index is 0.0932. The van der Waals surface area contributed by atoms with Crippen molar-refractivity contribution >= 4 is 17.5 Å². The lowest BCUT2D eigenvalue weighted by Gasteiger charge is -2.41. The summed E-state index contributed by atoms with van der Waals surface area (Å²) in [6, 6.07) is 12.9. The Labute approximate surface area is 170 Å². The fraction of sp³-hybridized carbons (Fsp3) is 0.391. The number of carbonyl (C=O) groups excluding carboxylic acids is 2. The average Bonchev–Trinajstić information content (AvgIpc) is 2.73. The van der Waals surface area contributed by atoms with Crippen LogP contribution in [-0.4, -0.2) is 23.0 Å². The van der Waals surface area contributed by atoms with Crippen molar-refractivity contribution in [3.8, 4) is 5.75 Å². The van der Waals surface area contributed by atoms with Crippen LogP contribution in [0.15, 0.2) is 42.5 Å². The van der Waals surface area contributed by atoms with Crippen LogP contribution in [0, 0.1) is 18.8 Å². The molecule has 2 fully saturated rings. The SMILES string of the molecule is Cc1ccc(NC(=O)c2cccc(CC3NNC(=O)C4CCCCC34)c2)cc1O. The van der Waals surface area contributed by atoms with Gasteiger partial charge in [-0.1, -0.05) is 31.0 Å². The molecule has 0 aromatic heterocycles. The molecule has 152 valence electrons. The van der Waals surface area contributed by atoms with Gasteiger partial charge >= 0.3 is 0 Å². The Bertz CT molecular complexity index is 927. The van der Waals surface area contributed by atoms with Crippen LogP contribution in [0.3, 0.4) is 0 Å². The number of hydrogen-bond donors (Lipinski definition) is 4. The minimum atomic E-state index is -0.212. The standard InChI is InChI=1S/C23H27N3O3/c1-14-9-10-17(13-21(14)27)24-22(28)16-6-4-5-15(11-16)12-20-18-7-2-3-8-19(18)23(29)26-25-20/h4-6,9-11,13,18-20,25,27H,2-3,7-8,12H2,1H3,(H,24,28)(H,26,29). The number of hydrogen-bond acceptors (Lipinski definition) is 4. The number of fused-ring (bicyclic) bond motifs is 1. The molecule has 6 heteroatoms. The summed E-state index contributed by atoms with van der Waals surface area (Å²) >= 11 is 0. The highest BCUT2D eigenvalue weighted by atomic mass is 16.3. The number of phenolic OH excluding ortho intramolecular Hbond substituents is 1. The second kappa shape index (κ2) is 8.25. The lowest BCUT2D eigenvalue weighted by Crippen LogP contribution is -2.60. The van der Waals surface area contributed by atoms with Gasteiger partial charge in [0.2, 0.25) is 5.91 Å². The molecule has 4 rings (SSSR count). The van der Waals surface area contributed by atoms with Crippen molar-refractivity contribution in [2.24, 2.45) is 11.8 Å². The van der Waals surface area contributed by atoms with Crippen LogP contribution in [0.5, 0.6) is 5.75 Å². The first-order valence-corrected chi connectivity index (χ1v) is 10.3. The van der Waals surface area contributed by atoms with Crippen LogP contribution in [0.1, 0.15) is 47.2 Å². The summed E-state index contributed by atoms with van der Waals surface area (Å²) in [6.07, 6.45) is 5.06. The molecule has 29 heavy (non-hydrogen) atoms. The molecule has 1 heterocycles. The lowest BCUT2D eigenvalue weighted by atomic mass is 9.72. The van der Waals surface area contributed by atoms with Gasteiger partial charge in [0.25, 0.3) is 5.91 Å². The summed E-state index contributed by atoms with van der Waals surface area (Å²) in [5, 5.41) is 12.7. The Balaban J connectivity index is 1.46. The van der Waals surface area contributed by atoms with Crippen LogP contribution in [0.25, 0.3) is 0 Å². The summed E-state index contributed by atoms with van der Waals surface area (Å²) in [5.41, 5.74) is 8.98. The Morgan fingerprint density at radius 2 is 2.00 bits per heavy atom. The largest absolute Gasteiger partial charge is 0.508 e. The summed E-state index contributed by atoms with van der Waals surface area (Å²) in [6.45, 7) is 1.81. The van der Waals surface area contributed by atoms with E-state index in [4.69, 9.17) is 0 Å². The van der Waals surface area contributed by atoms with E-state index in [2.05, 4.69) is 16.2 Å². The van der Waals surface area contributed by atoms with Crippen molar-refractivity contribution in [1.82, 2.24) is 10.9 Å². The molecule has 1 saturated carbocycles. The van der Waals surface area contributed by atoms with E-state index in [9.17, 15) is 14.7 Å². The number of amides is 2. The van der Waals surface area contributed by atoms with E-state index in [1.807, 2.05) is 25.1 Å². The molecule has 6 nitrogen and oxygen atoms in total. The van der Waals surface area contributed by atoms with E-state index in [0.717, 1.165) is 36.8 Å². The number of carbonyl (C=O) groups is 2. The molecule has 2 aromatic rings. The van der Waals surface area contributed by atoms with Crippen LogP contribution < -0.4 is 16.2 Å². The van der Waals surface area contributed by atoms with Crippen LogP contribution >= 0.6 is 0 Å². The first-order valence-electron chi connectivity index (χ1n) is 10.3. The van der Waals surface area contributed by atoms with Crippen LogP contribution in [0.2, 0.25) is 0 Å². The van der Waals surface area contributed by atoms with Crippen LogP contribution in [0.4, 0.5) is 5.69 Å². The Morgan fingerprint density at radius 3 is 2.83 bits per heavy atom. The quantitative estimate of drug-likeness (QED) is 0.642. The number of aryl methyl sites for hydroxylation is 1. The molecule has 2 amide bonds. The molecule has 1 saturated heterocycles. The van der Waals surface area contributed by atoms with Gasteiger partial charge in [0.05, 0.1) is 0 Å². The van der Waals surface area contributed by atoms with Crippen LogP contribution in [-0.2, 0) is 11.2 Å². The van der Waals surface area contributed by atoms with E-state index in [1.54, 1.807) is 24.3 Å². The number of nitrogens with one attached hydrogen (secondary N) is 3. The van der Waals surface area contributed by atoms with Gasteiger partial charge in [-0.05, 0) is 61.4 Å². The number of phenols is 1. The first kappa shape index (κ1) is 19.5. The summed E-state index contributed by atoms with van der Waals surface area (Å²) in [4.78, 5) is 24.8. The molecule has 1 aliphatic heterocycles. The number of benzene rings is 2. The van der Waals surface area contributed by atoms with E-state index in [1.165, 1.54) is 6.42 Å². The highest BCUT2D eigenvalue weighted by molar-refractivity contribution is 6.04. The first-order chi connectivity index (χ1) is 14.0. The van der Waals surface area contributed by atoms with Gasteiger partial charge in [0.15, 0.2) is 0 Å². The molecular weight excluding hydrogens is 366 g/mol. The minimum Gasteiger partial charge on any atom is -0.508 e. The molecule has 2 aliphatic rings. The van der Waals surface area contributed by atoms with Crippen molar-refractivity contribution < 1.29 is 14.7 Å². The van der Waals surface area contributed by atoms with Crippen molar-refractivity contribution in [3.05, 3.63) is 59.2 Å². The maximum absolute atomic E-state index is 12.7. The van der Waals surface area contributed by atoms with Crippen molar-refractivity contribution in [2.75, 3.05) is 5.32 Å². The monoisotopic (exact) mass is 393 g/mol. The Morgan fingerprint density at radius 1 is 1.17 bits per heavy atom. The maximum Gasteiger partial charge on any atom is 0.255 e. The molecule has 0 spiro atoms. The van der Waals surface area contributed by atoms with Gasteiger partial charge in [-0.2, -0.15) is 0 Å². The zero-order valence-corrected chi connectivity index (χ0v) is 16.6. The van der Waals surface area contributed by atoms with E-state index >= 15 is 0 Å². The van der Waals surface area contributed by atoms with Crippen molar-refractivity contribution in [2.45, 2.75) is 45.1 Å².